The van der Waals surface area contributed by atoms with E-state index in [1.54, 1.807) is 23.1 Å². The lowest BCUT2D eigenvalue weighted by molar-refractivity contribution is -0.124. The Labute approximate surface area is 165 Å². The van der Waals surface area contributed by atoms with E-state index in [-0.39, 0.29) is 30.2 Å². The molecule has 2 aromatic carbocycles. The number of phenols is 1. The summed E-state index contributed by atoms with van der Waals surface area (Å²) >= 11 is 0. The molecular formula is C22H26N2O4. The van der Waals surface area contributed by atoms with E-state index in [4.69, 9.17) is 4.74 Å². The SMILES string of the molecule is Cc1ccc(OCC(=O)NC2CCN(C(=O)c3ccccc3O)CC2)c(C)c1. The molecule has 2 N–H and O–H groups in total. The van der Waals surface area contributed by atoms with Crippen LogP contribution in [0.1, 0.15) is 34.3 Å². The highest BCUT2D eigenvalue weighted by Gasteiger charge is 2.25. The summed E-state index contributed by atoms with van der Waals surface area (Å²) < 4.78 is 5.62. The number of carbonyl (C=O) groups is 2. The molecule has 0 saturated carbocycles. The molecule has 2 aromatic rings. The van der Waals surface area contributed by atoms with Gasteiger partial charge in [-0.3, -0.25) is 9.59 Å². The second-order valence-corrected chi connectivity index (χ2v) is 7.21. The Hall–Kier alpha value is -3.02. The predicted molar refractivity (Wildman–Crippen MR) is 107 cm³/mol. The fourth-order valence-corrected chi connectivity index (χ4v) is 3.43. The van der Waals surface area contributed by atoms with Gasteiger partial charge in [-0.25, -0.2) is 0 Å². The maximum atomic E-state index is 12.5. The molecule has 0 unspecified atom stereocenters. The number of amides is 2. The average molecular weight is 382 g/mol. The molecule has 1 aliphatic rings. The summed E-state index contributed by atoms with van der Waals surface area (Å²) in [6.45, 7) is 5.02. The third-order valence-electron chi connectivity index (χ3n) is 4.97. The van der Waals surface area contributed by atoms with Gasteiger partial charge in [-0.2, -0.15) is 0 Å². The summed E-state index contributed by atoms with van der Waals surface area (Å²) in [4.78, 5) is 26.4. The minimum absolute atomic E-state index is 0.00789. The summed E-state index contributed by atoms with van der Waals surface area (Å²) in [5.41, 5.74) is 2.47. The van der Waals surface area contributed by atoms with Crippen molar-refractivity contribution in [2.24, 2.45) is 0 Å². The number of ether oxygens (including phenoxy) is 1. The van der Waals surface area contributed by atoms with Gasteiger partial charge in [0.15, 0.2) is 6.61 Å². The lowest BCUT2D eigenvalue weighted by Gasteiger charge is -2.32. The first-order valence-corrected chi connectivity index (χ1v) is 9.50. The number of rotatable bonds is 5. The average Bonchev–Trinajstić information content (AvgIpc) is 2.68. The van der Waals surface area contributed by atoms with Crippen LogP contribution in [0.15, 0.2) is 42.5 Å². The molecule has 1 fully saturated rings. The first kappa shape index (κ1) is 19.7. The Kier molecular flexibility index (Phi) is 6.19. The van der Waals surface area contributed by atoms with Crippen LogP contribution in [0.25, 0.3) is 0 Å². The minimum Gasteiger partial charge on any atom is -0.507 e. The van der Waals surface area contributed by atoms with Gasteiger partial charge in [0, 0.05) is 19.1 Å². The lowest BCUT2D eigenvalue weighted by atomic mass is 10.0. The van der Waals surface area contributed by atoms with Gasteiger partial charge in [-0.05, 0) is 50.5 Å². The van der Waals surface area contributed by atoms with Crippen molar-refractivity contribution in [1.82, 2.24) is 10.2 Å². The largest absolute Gasteiger partial charge is 0.507 e. The molecule has 6 nitrogen and oxygen atoms in total. The van der Waals surface area contributed by atoms with Gasteiger partial charge in [0.2, 0.25) is 0 Å². The number of hydrogen-bond acceptors (Lipinski definition) is 4. The molecule has 148 valence electrons. The van der Waals surface area contributed by atoms with Gasteiger partial charge in [0.25, 0.3) is 11.8 Å². The van der Waals surface area contributed by atoms with E-state index < -0.39 is 0 Å². The van der Waals surface area contributed by atoms with Crippen molar-refractivity contribution in [2.75, 3.05) is 19.7 Å². The van der Waals surface area contributed by atoms with Gasteiger partial charge in [0.05, 0.1) is 5.56 Å². The molecule has 1 saturated heterocycles. The van der Waals surface area contributed by atoms with E-state index in [1.807, 2.05) is 32.0 Å². The fraction of sp³-hybridized carbons (Fsp3) is 0.364. The number of likely N-dealkylation sites (tertiary alicyclic amines) is 1. The zero-order chi connectivity index (χ0) is 20.1. The molecule has 0 aliphatic carbocycles. The standard InChI is InChI=1S/C22H26N2O4/c1-15-7-8-20(16(2)13-15)28-14-21(26)23-17-9-11-24(12-10-17)22(27)18-5-3-4-6-19(18)25/h3-8,13,17,25H,9-12,14H2,1-2H3,(H,23,26). The van der Waals surface area contributed by atoms with Crippen LogP contribution >= 0.6 is 0 Å². The Morgan fingerprint density at radius 2 is 1.86 bits per heavy atom. The minimum atomic E-state index is -0.180. The first-order chi connectivity index (χ1) is 13.4. The van der Waals surface area contributed by atoms with Gasteiger partial charge in [-0.1, -0.05) is 29.8 Å². The molecule has 1 aliphatic heterocycles. The van der Waals surface area contributed by atoms with E-state index in [0.29, 0.717) is 37.2 Å². The van der Waals surface area contributed by atoms with E-state index >= 15 is 0 Å². The molecule has 1 heterocycles. The second kappa shape index (κ2) is 8.78. The normalized spacial score (nSPS) is 14.6. The van der Waals surface area contributed by atoms with Crippen molar-refractivity contribution in [3.8, 4) is 11.5 Å². The quantitative estimate of drug-likeness (QED) is 0.834. The van der Waals surface area contributed by atoms with Crippen molar-refractivity contribution < 1.29 is 19.4 Å². The first-order valence-electron chi connectivity index (χ1n) is 9.50. The highest BCUT2D eigenvalue weighted by Crippen LogP contribution is 2.21. The van der Waals surface area contributed by atoms with Crippen LogP contribution in [0.5, 0.6) is 11.5 Å². The van der Waals surface area contributed by atoms with Crippen molar-refractivity contribution in [3.63, 3.8) is 0 Å². The van der Waals surface area contributed by atoms with E-state index in [0.717, 1.165) is 11.1 Å². The van der Waals surface area contributed by atoms with Crippen LogP contribution in [-0.4, -0.2) is 47.6 Å². The molecule has 0 atom stereocenters. The number of para-hydroxylation sites is 1. The molecule has 0 aromatic heterocycles. The van der Waals surface area contributed by atoms with Crippen LogP contribution in [0.2, 0.25) is 0 Å². The van der Waals surface area contributed by atoms with Crippen LogP contribution < -0.4 is 10.1 Å². The summed E-state index contributed by atoms with van der Waals surface area (Å²) in [5, 5.41) is 12.8. The van der Waals surface area contributed by atoms with Crippen LogP contribution in [0.3, 0.4) is 0 Å². The maximum absolute atomic E-state index is 12.5. The fourth-order valence-electron chi connectivity index (χ4n) is 3.43. The molecule has 0 bridgehead atoms. The molecular weight excluding hydrogens is 356 g/mol. The lowest BCUT2D eigenvalue weighted by Crippen LogP contribution is -2.47. The number of aryl methyl sites for hydroxylation is 2. The van der Waals surface area contributed by atoms with Crippen molar-refractivity contribution in [3.05, 3.63) is 59.2 Å². The van der Waals surface area contributed by atoms with Crippen LogP contribution in [-0.2, 0) is 4.79 Å². The molecule has 3 rings (SSSR count). The molecule has 6 heteroatoms. The molecule has 0 radical (unpaired) electrons. The van der Waals surface area contributed by atoms with Gasteiger partial charge >= 0.3 is 0 Å². The summed E-state index contributed by atoms with van der Waals surface area (Å²) in [7, 11) is 0. The highest BCUT2D eigenvalue weighted by atomic mass is 16.5. The summed E-state index contributed by atoms with van der Waals surface area (Å²) in [5.74, 6) is 0.363. The zero-order valence-electron chi connectivity index (χ0n) is 16.3. The van der Waals surface area contributed by atoms with Gasteiger partial charge in [-0.15, -0.1) is 0 Å². The van der Waals surface area contributed by atoms with Gasteiger partial charge in [0.1, 0.15) is 11.5 Å². The predicted octanol–water partition coefficient (Wildman–Crippen LogP) is 2.81. The topological polar surface area (TPSA) is 78.9 Å². The smallest absolute Gasteiger partial charge is 0.258 e. The molecule has 28 heavy (non-hydrogen) atoms. The van der Waals surface area contributed by atoms with E-state index in [1.165, 1.54) is 6.07 Å². The summed E-state index contributed by atoms with van der Waals surface area (Å²) in [6, 6.07) is 12.4. The number of hydrogen-bond donors (Lipinski definition) is 2. The van der Waals surface area contributed by atoms with Crippen molar-refractivity contribution >= 4 is 11.8 Å². The summed E-state index contributed by atoms with van der Waals surface area (Å²) in [6.07, 6.45) is 1.35. The Balaban J connectivity index is 1.45. The van der Waals surface area contributed by atoms with Crippen LogP contribution in [0, 0.1) is 13.8 Å². The number of benzene rings is 2. The van der Waals surface area contributed by atoms with E-state index in [2.05, 4.69) is 5.32 Å². The number of phenolic OH excluding ortho intramolecular Hbond substituents is 1. The maximum Gasteiger partial charge on any atom is 0.258 e. The number of piperidine rings is 1. The Bertz CT molecular complexity index is 857. The number of nitrogens with one attached hydrogen (secondary N) is 1. The molecule has 0 spiro atoms. The van der Waals surface area contributed by atoms with Crippen molar-refractivity contribution in [2.45, 2.75) is 32.7 Å². The Morgan fingerprint density at radius 3 is 2.54 bits per heavy atom. The van der Waals surface area contributed by atoms with Gasteiger partial charge < -0.3 is 20.1 Å². The third kappa shape index (κ3) is 4.82. The molecule has 2 amide bonds. The van der Waals surface area contributed by atoms with E-state index in [9.17, 15) is 14.7 Å². The van der Waals surface area contributed by atoms with Crippen molar-refractivity contribution in [1.29, 1.82) is 0 Å². The van der Waals surface area contributed by atoms with Crippen LogP contribution in [0.4, 0.5) is 0 Å². The number of aromatic hydroxyl groups is 1. The zero-order valence-corrected chi connectivity index (χ0v) is 16.3. The monoisotopic (exact) mass is 382 g/mol. The number of nitrogens with zero attached hydrogens (tertiary/aromatic N) is 1. The Morgan fingerprint density at radius 1 is 1.14 bits per heavy atom. The third-order valence-corrected chi connectivity index (χ3v) is 4.97. The number of carbonyl (C=O) groups excluding carboxylic acids is 2. The second-order valence-electron chi connectivity index (χ2n) is 7.21. The highest BCUT2D eigenvalue weighted by molar-refractivity contribution is 5.96.